The number of hydrogen-bond donors (Lipinski definition) is 2. The lowest BCUT2D eigenvalue weighted by Gasteiger charge is -2.09. The highest BCUT2D eigenvalue weighted by Crippen LogP contribution is 2.11. The SMILES string of the molecule is CC(C)CCSCC(=O)NCCC1CCNC1.Cl. The molecule has 18 heavy (non-hydrogen) atoms. The molecule has 0 saturated carbocycles. The van der Waals surface area contributed by atoms with Gasteiger partial charge in [-0.2, -0.15) is 11.8 Å². The molecule has 0 bridgehead atoms. The van der Waals surface area contributed by atoms with Crippen LogP contribution in [0.5, 0.6) is 0 Å². The molecule has 1 rings (SSSR count). The molecule has 1 heterocycles. The van der Waals surface area contributed by atoms with Gasteiger partial charge in [-0.3, -0.25) is 4.79 Å². The van der Waals surface area contributed by atoms with E-state index < -0.39 is 0 Å². The molecule has 2 N–H and O–H groups in total. The van der Waals surface area contributed by atoms with E-state index in [9.17, 15) is 4.79 Å². The average Bonchev–Trinajstić information content (AvgIpc) is 2.77. The highest BCUT2D eigenvalue weighted by molar-refractivity contribution is 7.99. The number of carbonyl (C=O) groups excluding carboxylic acids is 1. The Morgan fingerprint density at radius 2 is 2.28 bits per heavy atom. The summed E-state index contributed by atoms with van der Waals surface area (Å²) in [5.74, 6) is 3.42. The van der Waals surface area contributed by atoms with Gasteiger partial charge in [-0.25, -0.2) is 0 Å². The molecule has 5 heteroatoms. The molecule has 1 aliphatic rings. The molecule has 108 valence electrons. The van der Waals surface area contributed by atoms with Gasteiger partial charge in [0.15, 0.2) is 0 Å². The summed E-state index contributed by atoms with van der Waals surface area (Å²) in [5.41, 5.74) is 0. The van der Waals surface area contributed by atoms with Crippen molar-refractivity contribution in [2.75, 3.05) is 31.1 Å². The fourth-order valence-electron chi connectivity index (χ4n) is 1.91. The van der Waals surface area contributed by atoms with E-state index in [-0.39, 0.29) is 18.3 Å². The van der Waals surface area contributed by atoms with E-state index in [1.54, 1.807) is 11.8 Å². The second-order valence-electron chi connectivity index (χ2n) is 5.23. The first-order valence-corrected chi connectivity index (χ1v) is 7.89. The minimum absolute atomic E-state index is 0. The number of hydrogen-bond acceptors (Lipinski definition) is 3. The number of halogens is 1. The van der Waals surface area contributed by atoms with Gasteiger partial charge in [0, 0.05) is 6.54 Å². The summed E-state index contributed by atoms with van der Waals surface area (Å²) < 4.78 is 0. The quantitative estimate of drug-likeness (QED) is 0.675. The van der Waals surface area contributed by atoms with Crippen molar-refractivity contribution in [1.29, 1.82) is 0 Å². The van der Waals surface area contributed by atoms with E-state index in [4.69, 9.17) is 0 Å². The zero-order valence-electron chi connectivity index (χ0n) is 11.5. The Morgan fingerprint density at radius 3 is 2.89 bits per heavy atom. The van der Waals surface area contributed by atoms with Crippen molar-refractivity contribution < 1.29 is 4.79 Å². The van der Waals surface area contributed by atoms with Crippen molar-refractivity contribution in [2.24, 2.45) is 11.8 Å². The van der Waals surface area contributed by atoms with Crippen LogP contribution in [-0.2, 0) is 4.79 Å². The number of carbonyl (C=O) groups is 1. The van der Waals surface area contributed by atoms with Crippen LogP contribution in [0, 0.1) is 11.8 Å². The Kier molecular flexibility index (Phi) is 11.0. The zero-order valence-corrected chi connectivity index (χ0v) is 13.2. The predicted octanol–water partition coefficient (Wildman–Crippen LogP) is 2.30. The second-order valence-corrected chi connectivity index (χ2v) is 6.34. The van der Waals surface area contributed by atoms with Gasteiger partial charge in [-0.15, -0.1) is 12.4 Å². The number of thioether (sulfide) groups is 1. The summed E-state index contributed by atoms with van der Waals surface area (Å²) in [5, 5.41) is 6.36. The van der Waals surface area contributed by atoms with Gasteiger partial charge in [-0.05, 0) is 49.9 Å². The van der Waals surface area contributed by atoms with E-state index in [0.29, 0.717) is 5.75 Å². The molecular formula is C13H27ClN2OS. The summed E-state index contributed by atoms with van der Waals surface area (Å²) in [6, 6.07) is 0. The molecule has 0 aromatic rings. The van der Waals surface area contributed by atoms with E-state index >= 15 is 0 Å². The molecule has 0 spiro atoms. The van der Waals surface area contributed by atoms with Crippen LogP contribution >= 0.6 is 24.2 Å². The number of nitrogens with one attached hydrogen (secondary N) is 2. The van der Waals surface area contributed by atoms with Gasteiger partial charge in [0.25, 0.3) is 0 Å². The molecule has 1 saturated heterocycles. The van der Waals surface area contributed by atoms with Crippen LogP contribution in [0.15, 0.2) is 0 Å². The molecule has 3 nitrogen and oxygen atoms in total. The molecule has 0 radical (unpaired) electrons. The largest absolute Gasteiger partial charge is 0.355 e. The lowest BCUT2D eigenvalue weighted by atomic mass is 10.1. The first-order chi connectivity index (χ1) is 8.18. The van der Waals surface area contributed by atoms with E-state index in [2.05, 4.69) is 24.5 Å². The molecule has 1 amide bonds. The van der Waals surface area contributed by atoms with Gasteiger partial charge >= 0.3 is 0 Å². The van der Waals surface area contributed by atoms with Crippen molar-refractivity contribution in [3.63, 3.8) is 0 Å². The van der Waals surface area contributed by atoms with Gasteiger partial charge in [0.05, 0.1) is 5.75 Å². The molecule has 1 unspecified atom stereocenters. The van der Waals surface area contributed by atoms with Crippen LogP contribution < -0.4 is 10.6 Å². The summed E-state index contributed by atoms with van der Waals surface area (Å²) >= 11 is 1.75. The number of rotatable bonds is 8. The second kappa shape index (κ2) is 10.9. The summed E-state index contributed by atoms with van der Waals surface area (Å²) in [7, 11) is 0. The van der Waals surface area contributed by atoms with Crippen molar-refractivity contribution in [2.45, 2.75) is 33.1 Å². The van der Waals surface area contributed by atoms with Crippen molar-refractivity contribution in [3.05, 3.63) is 0 Å². The maximum absolute atomic E-state index is 11.5. The maximum atomic E-state index is 11.5. The Labute approximate surface area is 122 Å². The molecule has 0 aromatic heterocycles. The normalized spacial score (nSPS) is 18.7. The lowest BCUT2D eigenvalue weighted by Crippen LogP contribution is -2.28. The molecular weight excluding hydrogens is 268 g/mol. The Morgan fingerprint density at radius 1 is 1.50 bits per heavy atom. The Balaban J connectivity index is 0.00000289. The number of amides is 1. The lowest BCUT2D eigenvalue weighted by molar-refractivity contribution is -0.118. The van der Waals surface area contributed by atoms with Crippen LogP contribution in [0.2, 0.25) is 0 Å². The molecule has 0 aromatic carbocycles. The third-order valence-electron chi connectivity index (χ3n) is 3.11. The molecule has 1 atom stereocenters. The predicted molar refractivity (Wildman–Crippen MR) is 82.6 cm³/mol. The fourth-order valence-corrected chi connectivity index (χ4v) is 2.98. The van der Waals surface area contributed by atoms with Gasteiger partial charge in [0.1, 0.15) is 0 Å². The van der Waals surface area contributed by atoms with Crippen molar-refractivity contribution in [3.8, 4) is 0 Å². The highest BCUT2D eigenvalue weighted by atomic mass is 35.5. The molecule has 1 fully saturated rings. The minimum atomic E-state index is 0. The van der Waals surface area contributed by atoms with E-state index in [1.807, 2.05) is 0 Å². The third kappa shape index (κ3) is 9.06. The van der Waals surface area contributed by atoms with Gasteiger partial charge < -0.3 is 10.6 Å². The zero-order chi connectivity index (χ0) is 12.5. The average molecular weight is 295 g/mol. The summed E-state index contributed by atoms with van der Waals surface area (Å²) in [6.45, 7) is 7.55. The summed E-state index contributed by atoms with van der Waals surface area (Å²) in [6.07, 6.45) is 3.58. The molecule has 1 aliphatic heterocycles. The van der Waals surface area contributed by atoms with Crippen LogP contribution in [-0.4, -0.2) is 37.0 Å². The van der Waals surface area contributed by atoms with Gasteiger partial charge in [-0.1, -0.05) is 13.8 Å². The highest BCUT2D eigenvalue weighted by Gasteiger charge is 2.13. The Bertz CT molecular complexity index is 221. The van der Waals surface area contributed by atoms with Crippen molar-refractivity contribution in [1.82, 2.24) is 10.6 Å². The Hall–Kier alpha value is 0.0700. The fraction of sp³-hybridized carbons (Fsp3) is 0.923. The standard InChI is InChI=1S/C13H26N2OS.ClH/c1-11(2)5-8-17-10-13(16)15-7-4-12-3-6-14-9-12;/h11-12,14H,3-10H2,1-2H3,(H,15,16);1H. The minimum Gasteiger partial charge on any atom is -0.355 e. The first kappa shape index (κ1) is 18.1. The van der Waals surface area contributed by atoms with E-state index in [1.165, 1.54) is 12.8 Å². The van der Waals surface area contributed by atoms with Crippen LogP contribution in [0.1, 0.15) is 33.1 Å². The van der Waals surface area contributed by atoms with Crippen LogP contribution in [0.25, 0.3) is 0 Å². The van der Waals surface area contributed by atoms with Crippen LogP contribution in [0.4, 0.5) is 0 Å². The topological polar surface area (TPSA) is 41.1 Å². The third-order valence-corrected chi connectivity index (χ3v) is 4.10. The van der Waals surface area contributed by atoms with E-state index in [0.717, 1.165) is 43.6 Å². The van der Waals surface area contributed by atoms with Gasteiger partial charge in [0.2, 0.25) is 5.91 Å². The smallest absolute Gasteiger partial charge is 0.229 e. The first-order valence-electron chi connectivity index (χ1n) is 6.73. The van der Waals surface area contributed by atoms with Crippen molar-refractivity contribution >= 4 is 30.1 Å². The molecule has 0 aliphatic carbocycles. The van der Waals surface area contributed by atoms with Crippen LogP contribution in [0.3, 0.4) is 0 Å². The summed E-state index contributed by atoms with van der Waals surface area (Å²) in [4.78, 5) is 11.5. The monoisotopic (exact) mass is 294 g/mol. The maximum Gasteiger partial charge on any atom is 0.229 e.